The van der Waals surface area contributed by atoms with Gasteiger partial charge in [0.2, 0.25) is 0 Å². The van der Waals surface area contributed by atoms with Gasteiger partial charge in [0.25, 0.3) is 11.8 Å². The average molecular weight is 393 g/mol. The molecule has 0 radical (unpaired) electrons. The molecule has 138 valence electrons. The number of carbonyl (C=O) groups is 1. The maximum absolute atomic E-state index is 13.2. The second-order valence-corrected chi connectivity index (χ2v) is 5.94. The lowest BCUT2D eigenvalue weighted by molar-refractivity contribution is 0.0118. The van der Waals surface area contributed by atoms with Gasteiger partial charge in [-0.15, -0.1) is 12.4 Å². The van der Waals surface area contributed by atoms with Crippen molar-refractivity contribution in [2.45, 2.75) is 26.3 Å². The van der Waals surface area contributed by atoms with Crippen LogP contribution in [0.3, 0.4) is 0 Å². The molecule has 0 bridgehead atoms. The van der Waals surface area contributed by atoms with E-state index in [1.807, 2.05) is 18.2 Å². The first-order chi connectivity index (χ1) is 11.2. The van der Waals surface area contributed by atoms with Gasteiger partial charge >= 0.3 is 0 Å². The predicted octanol–water partition coefficient (Wildman–Crippen LogP) is 2.95. The van der Waals surface area contributed by atoms with E-state index in [-0.39, 0.29) is 18.0 Å². The summed E-state index contributed by atoms with van der Waals surface area (Å²) in [6, 6.07) is 7.31. The summed E-state index contributed by atoms with van der Waals surface area (Å²) in [7, 11) is 0. The summed E-state index contributed by atoms with van der Waals surface area (Å²) >= 11 is 6.14. The maximum atomic E-state index is 13.2. The number of nitrogens with two attached hydrogens (primary N) is 1. The van der Waals surface area contributed by atoms with Gasteiger partial charge in [-0.25, -0.2) is 8.78 Å². The van der Waals surface area contributed by atoms with E-state index >= 15 is 0 Å². The predicted molar refractivity (Wildman–Crippen MR) is 95.8 cm³/mol. The zero-order chi connectivity index (χ0) is 17.9. The van der Waals surface area contributed by atoms with E-state index in [4.69, 9.17) is 17.3 Å². The minimum Gasteiger partial charge on any atom is -0.346 e. The SMILES string of the molecule is Cc1nn(Cc2ccccc2Cl)c(C)c1C(=O)NCC(F)(F)CN.Cl. The Morgan fingerprint density at radius 1 is 1.36 bits per heavy atom. The molecule has 1 aromatic heterocycles. The standard InChI is InChI=1S/C16H19ClF2N4O.ClH/c1-10-14(15(24)21-9-16(18,19)8-20)11(2)23(22-10)7-12-5-3-4-6-13(12)17;/h3-6H,7-9,20H2,1-2H3,(H,21,24);1H. The Balaban J connectivity index is 0.00000312. The molecule has 3 N–H and O–H groups in total. The van der Waals surface area contributed by atoms with Gasteiger partial charge < -0.3 is 11.1 Å². The third-order valence-corrected chi connectivity index (χ3v) is 4.06. The number of benzene rings is 1. The van der Waals surface area contributed by atoms with Gasteiger partial charge in [-0.1, -0.05) is 29.8 Å². The fourth-order valence-electron chi connectivity index (χ4n) is 2.34. The highest BCUT2D eigenvalue weighted by molar-refractivity contribution is 6.31. The molecule has 1 aromatic carbocycles. The summed E-state index contributed by atoms with van der Waals surface area (Å²) in [5.74, 6) is -3.73. The van der Waals surface area contributed by atoms with Crippen molar-refractivity contribution in [3.63, 3.8) is 0 Å². The Morgan fingerprint density at radius 3 is 2.60 bits per heavy atom. The van der Waals surface area contributed by atoms with Crippen molar-refractivity contribution in [1.29, 1.82) is 0 Å². The second kappa shape index (κ2) is 8.60. The summed E-state index contributed by atoms with van der Waals surface area (Å²) in [4.78, 5) is 12.2. The molecule has 0 unspecified atom stereocenters. The molecular formula is C16H20Cl2F2N4O. The number of nitrogens with zero attached hydrogens (tertiary/aromatic N) is 2. The van der Waals surface area contributed by atoms with Gasteiger partial charge in [-0.2, -0.15) is 5.10 Å². The van der Waals surface area contributed by atoms with Crippen LogP contribution in [0.2, 0.25) is 5.02 Å². The Hall–Kier alpha value is -1.70. The van der Waals surface area contributed by atoms with Crippen LogP contribution < -0.4 is 11.1 Å². The number of hydrogen-bond acceptors (Lipinski definition) is 3. The highest BCUT2D eigenvalue weighted by atomic mass is 35.5. The van der Waals surface area contributed by atoms with Gasteiger partial charge in [0.1, 0.15) is 0 Å². The van der Waals surface area contributed by atoms with E-state index in [0.717, 1.165) is 5.56 Å². The van der Waals surface area contributed by atoms with Crippen LogP contribution in [0.1, 0.15) is 27.3 Å². The molecule has 2 aromatic rings. The van der Waals surface area contributed by atoms with Crippen molar-refractivity contribution in [2.24, 2.45) is 5.73 Å². The number of hydrogen-bond donors (Lipinski definition) is 2. The Labute approximate surface area is 155 Å². The zero-order valence-corrected chi connectivity index (χ0v) is 15.4. The third kappa shape index (κ3) is 5.14. The van der Waals surface area contributed by atoms with E-state index < -0.39 is 24.9 Å². The summed E-state index contributed by atoms with van der Waals surface area (Å²) in [6.07, 6.45) is 0. The number of alkyl halides is 2. The van der Waals surface area contributed by atoms with Crippen LogP contribution >= 0.6 is 24.0 Å². The van der Waals surface area contributed by atoms with Crippen LogP contribution in [0.25, 0.3) is 0 Å². The summed E-state index contributed by atoms with van der Waals surface area (Å²) in [6.45, 7) is 2.13. The van der Waals surface area contributed by atoms with E-state index in [1.54, 1.807) is 24.6 Å². The molecule has 1 heterocycles. The van der Waals surface area contributed by atoms with Gasteiger partial charge in [0, 0.05) is 10.7 Å². The molecule has 0 aliphatic carbocycles. The molecule has 0 saturated carbocycles. The third-order valence-electron chi connectivity index (χ3n) is 3.69. The van der Waals surface area contributed by atoms with E-state index in [9.17, 15) is 13.6 Å². The topological polar surface area (TPSA) is 72.9 Å². The molecule has 0 spiro atoms. The number of aromatic nitrogens is 2. The molecule has 0 atom stereocenters. The zero-order valence-electron chi connectivity index (χ0n) is 13.9. The van der Waals surface area contributed by atoms with Crippen LogP contribution in [-0.4, -0.2) is 34.7 Å². The van der Waals surface area contributed by atoms with Crippen LogP contribution in [0.5, 0.6) is 0 Å². The van der Waals surface area contributed by atoms with Crippen molar-refractivity contribution in [1.82, 2.24) is 15.1 Å². The summed E-state index contributed by atoms with van der Waals surface area (Å²) < 4.78 is 28.0. The number of aryl methyl sites for hydroxylation is 1. The number of rotatable bonds is 6. The van der Waals surface area contributed by atoms with E-state index in [2.05, 4.69) is 10.4 Å². The first-order valence-electron chi connectivity index (χ1n) is 7.38. The molecule has 0 aliphatic heterocycles. The van der Waals surface area contributed by atoms with Crippen LogP contribution in [0, 0.1) is 13.8 Å². The van der Waals surface area contributed by atoms with Gasteiger partial charge in [0.05, 0.1) is 30.9 Å². The van der Waals surface area contributed by atoms with Crippen molar-refractivity contribution < 1.29 is 13.6 Å². The lowest BCUT2D eigenvalue weighted by atomic mass is 10.1. The Bertz CT molecular complexity index is 750. The quantitative estimate of drug-likeness (QED) is 0.793. The highest BCUT2D eigenvalue weighted by Crippen LogP contribution is 2.19. The van der Waals surface area contributed by atoms with Crippen LogP contribution in [0.4, 0.5) is 8.78 Å². The fourth-order valence-corrected chi connectivity index (χ4v) is 2.53. The van der Waals surface area contributed by atoms with Crippen molar-refractivity contribution in [3.8, 4) is 0 Å². The lowest BCUT2D eigenvalue weighted by Gasteiger charge is -2.14. The Kier molecular flexibility index (Phi) is 7.34. The smallest absolute Gasteiger partial charge is 0.277 e. The first kappa shape index (κ1) is 21.3. The molecular weight excluding hydrogens is 373 g/mol. The largest absolute Gasteiger partial charge is 0.346 e. The molecule has 0 saturated heterocycles. The van der Waals surface area contributed by atoms with E-state index in [0.29, 0.717) is 23.0 Å². The minimum atomic E-state index is -3.13. The first-order valence-corrected chi connectivity index (χ1v) is 7.76. The van der Waals surface area contributed by atoms with Crippen molar-refractivity contribution in [2.75, 3.05) is 13.1 Å². The highest BCUT2D eigenvalue weighted by Gasteiger charge is 2.28. The van der Waals surface area contributed by atoms with Gasteiger partial charge in [-0.05, 0) is 25.5 Å². The number of carbonyl (C=O) groups excluding carboxylic acids is 1. The normalized spacial score (nSPS) is 11.1. The van der Waals surface area contributed by atoms with Gasteiger partial charge in [-0.3, -0.25) is 9.48 Å². The summed E-state index contributed by atoms with van der Waals surface area (Å²) in [5, 5.41) is 7.13. The fraction of sp³-hybridized carbons (Fsp3) is 0.375. The number of nitrogens with one attached hydrogen (secondary N) is 1. The second-order valence-electron chi connectivity index (χ2n) is 5.54. The minimum absolute atomic E-state index is 0. The molecule has 0 aliphatic rings. The maximum Gasteiger partial charge on any atom is 0.277 e. The van der Waals surface area contributed by atoms with Crippen LogP contribution in [0.15, 0.2) is 24.3 Å². The molecule has 9 heteroatoms. The van der Waals surface area contributed by atoms with E-state index in [1.165, 1.54) is 0 Å². The average Bonchev–Trinajstić information content (AvgIpc) is 2.81. The van der Waals surface area contributed by atoms with Crippen molar-refractivity contribution in [3.05, 3.63) is 51.8 Å². The summed E-state index contributed by atoms with van der Waals surface area (Å²) in [5.41, 5.74) is 7.16. The lowest BCUT2D eigenvalue weighted by Crippen LogP contribution is -2.41. The van der Waals surface area contributed by atoms with Gasteiger partial charge in [0.15, 0.2) is 0 Å². The molecule has 2 rings (SSSR count). The number of halogens is 4. The molecule has 1 amide bonds. The van der Waals surface area contributed by atoms with Crippen molar-refractivity contribution >= 4 is 29.9 Å². The molecule has 0 fully saturated rings. The monoisotopic (exact) mass is 392 g/mol. The molecule has 25 heavy (non-hydrogen) atoms. The number of amides is 1. The molecule has 5 nitrogen and oxygen atoms in total. The van der Waals surface area contributed by atoms with Crippen LogP contribution in [-0.2, 0) is 6.54 Å². The Morgan fingerprint density at radius 2 is 2.00 bits per heavy atom.